The predicted molar refractivity (Wildman–Crippen MR) is 126 cm³/mol. The second-order valence-electron chi connectivity index (χ2n) is 8.70. The number of aromatic amines is 1. The Balaban J connectivity index is 2.06. The number of H-pyrrole nitrogens is 1. The highest BCUT2D eigenvalue weighted by atomic mass is 16.4. The lowest BCUT2D eigenvalue weighted by molar-refractivity contribution is -0.139. The number of nitrogens with one attached hydrogen (secondary N) is 4. The molecular formula is C23H33N5O6. The van der Waals surface area contributed by atoms with Crippen molar-refractivity contribution < 1.29 is 29.4 Å². The van der Waals surface area contributed by atoms with Crippen LogP contribution in [0.25, 0.3) is 10.9 Å². The smallest absolute Gasteiger partial charge is 0.322 e. The minimum Gasteiger partial charge on any atom is -0.480 e. The van der Waals surface area contributed by atoms with Crippen LogP contribution in [0.2, 0.25) is 0 Å². The van der Waals surface area contributed by atoms with E-state index >= 15 is 0 Å². The molecule has 1 aromatic heterocycles. The van der Waals surface area contributed by atoms with Crippen LogP contribution in [0, 0.1) is 5.92 Å². The molecule has 0 saturated heterocycles. The number of aliphatic hydroxyl groups excluding tert-OH is 1. The minimum atomic E-state index is -1.36. The molecule has 11 heteroatoms. The zero-order valence-electron chi connectivity index (χ0n) is 19.5. The summed E-state index contributed by atoms with van der Waals surface area (Å²) in [6, 6.07) is 4.18. The Morgan fingerprint density at radius 1 is 1.03 bits per heavy atom. The van der Waals surface area contributed by atoms with Crippen LogP contribution < -0.4 is 21.7 Å². The molecular weight excluding hydrogens is 442 g/mol. The summed E-state index contributed by atoms with van der Waals surface area (Å²) in [4.78, 5) is 51.8. The van der Waals surface area contributed by atoms with Gasteiger partial charge >= 0.3 is 5.97 Å². The van der Waals surface area contributed by atoms with Gasteiger partial charge in [-0.2, -0.15) is 0 Å². The summed E-state index contributed by atoms with van der Waals surface area (Å²) in [6.07, 6.45) is 0.934. The number of nitrogens with two attached hydrogens (primary N) is 1. The van der Waals surface area contributed by atoms with Crippen molar-refractivity contribution in [2.75, 3.05) is 6.54 Å². The summed E-state index contributed by atoms with van der Waals surface area (Å²) in [5.41, 5.74) is 7.82. The van der Waals surface area contributed by atoms with Gasteiger partial charge < -0.3 is 36.9 Å². The maximum Gasteiger partial charge on any atom is 0.322 e. The van der Waals surface area contributed by atoms with Crippen molar-refractivity contribution in [3.8, 4) is 0 Å². The molecule has 0 aliphatic heterocycles. The van der Waals surface area contributed by atoms with E-state index < -0.39 is 54.5 Å². The maximum absolute atomic E-state index is 12.8. The van der Waals surface area contributed by atoms with Crippen molar-refractivity contribution in [1.82, 2.24) is 20.9 Å². The first kappa shape index (κ1) is 26.8. The molecule has 0 bridgehead atoms. The summed E-state index contributed by atoms with van der Waals surface area (Å²) in [5.74, 6) is -3.30. The molecule has 2 aromatic rings. The zero-order valence-corrected chi connectivity index (χ0v) is 19.5. The number of aliphatic hydroxyl groups is 1. The molecule has 1 aromatic carbocycles. The molecule has 0 spiro atoms. The van der Waals surface area contributed by atoms with Gasteiger partial charge in [-0.15, -0.1) is 0 Å². The summed E-state index contributed by atoms with van der Waals surface area (Å²) >= 11 is 0. The fraction of sp³-hybridized carbons (Fsp3) is 0.478. The molecule has 0 radical (unpaired) electrons. The van der Waals surface area contributed by atoms with Crippen molar-refractivity contribution in [2.24, 2.45) is 11.7 Å². The minimum absolute atomic E-state index is 0.00469. The van der Waals surface area contributed by atoms with Crippen LogP contribution in [0.5, 0.6) is 0 Å². The first-order valence-corrected chi connectivity index (χ1v) is 11.1. The first-order chi connectivity index (χ1) is 16.0. The first-order valence-electron chi connectivity index (χ1n) is 11.1. The Labute approximate surface area is 197 Å². The molecule has 0 aliphatic rings. The molecule has 0 aliphatic carbocycles. The number of hydrogen-bond acceptors (Lipinski definition) is 6. The molecule has 0 fully saturated rings. The van der Waals surface area contributed by atoms with Crippen LogP contribution in [0.1, 0.15) is 32.8 Å². The summed E-state index contributed by atoms with van der Waals surface area (Å²) in [6.45, 7) is 4.41. The van der Waals surface area contributed by atoms with Gasteiger partial charge in [-0.1, -0.05) is 32.0 Å². The lowest BCUT2D eigenvalue weighted by atomic mass is 10.0. The SMILES string of the molecule is CC(C)CC(NC(=O)C(NC(=O)C(N)Cc1c[nH]c2ccccc12)C(C)O)C(=O)NCC(=O)O. The van der Waals surface area contributed by atoms with Crippen molar-refractivity contribution >= 4 is 34.6 Å². The Bertz CT molecular complexity index is 1020. The number of carbonyl (C=O) groups is 4. The van der Waals surface area contributed by atoms with Gasteiger partial charge in [-0.3, -0.25) is 19.2 Å². The molecule has 34 heavy (non-hydrogen) atoms. The van der Waals surface area contributed by atoms with Crippen LogP contribution in [0.3, 0.4) is 0 Å². The van der Waals surface area contributed by atoms with Crippen molar-refractivity contribution in [1.29, 1.82) is 0 Å². The molecule has 4 atom stereocenters. The van der Waals surface area contributed by atoms with Crippen molar-refractivity contribution in [3.05, 3.63) is 36.0 Å². The number of fused-ring (bicyclic) bond motifs is 1. The lowest BCUT2D eigenvalue weighted by Crippen LogP contribution is -2.59. The van der Waals surface area contributed by atoms with Gasteiger partial charge in [0.2, 0.25) is 17.7 Å². The summed E-state index contributed by atoms with van der Waals surface area (Å²) in [5, 5.41) is 27.0. The Morgan fingerprint density at radius 2 is 1.71 bits per heavy atom. The largest absolute Gasteiger partial charge is 0.480 e. The van der Waals surface area contributed by atoms with E-state index in [0.717, 1.165) is 16.5 Å². The van der Waals surface area contributed by atoms with Gasteiger partial charge in [0, 0.05) is 17.1 Å². The number of carbonyl (C=O) groups excluding carboxylic acids is 3. The number of hydrogen-bond donors (Lipinski definition) is 7. The third kappa shape index (κ3) is 7.56. The molecule has 1 heterocycles. The number of amides is 3. The van der Waals surface area contributed by atoms with E-state index in [0.29, 0.717) is 0 Å². The average molecular weight is 476 g/mol. The van der Waals surface area contributed by atoms with E-state index in [1.807, 2.05) is 38.1 Å². The number of aliphatic carboxylic acids is 1. The van der Waals surface area contributed by atoms with E-state index in [2.05, 4.69) is 20.9 Å². The number of carboxylic acids is 1. The molecule has 2 rings (SSSR count). The third-order valence-electron chi connectivity index (χ3n) is 5.27. The summed E-state index contributed by atoms with van der Waals surface area (Å²) < 4.78 is 0. The van der Waals surface area contributed by atoms with Gasteiger partial charge in [0.15, 0.2) is 0 Å². The van der Waals surface area contributed by atoms with Crippen molar-refractivity contribution in [3.63, 3.8) is 0 Å². The fourth-order valence-corrected chi connectivity index (χ4v) is 3.55. The van der Waals surface area contributed by atoms with Gasteiger partial charge in [0.05, 0.1) is 12.1 Å². The number of para-hydroxylation sites is 1. The number of carboxylic acid groups (broad SMARTS) is 1. The molecule has 8 N–H and O–H groups in total. The number of rotatable bonds is 12. The zero-order chi connectivity index (χ0) is 25.4. The number of aromatic nitrogens is 1. The van der Waals surface area contributed by atoms with Crippen molar-refractivity contribution in [2.45, 2.75) is 57.8 Å². The Hall–Kier alpha value is -3.44. The van der Waals surface area contributed by atoms with Crippen LogP contribution in [-0.2, 0) is 25.6 Å². The standard InChI is InChI=1S/C23H33N5O6/c1-12(2)8-18(22(33)26-11-19(30)31)27-23(34)20(13(3)29)28-21(32)16(24)9-14-10-25-17-7-5-4-6-15(14)17/h4-7,10,12-13,16,18,20,25,29H,8-9,11,24H2,1-3H3,(H,26,33)(H,27,34)(H,28,32)(H,30,31). The van der Waals surface area contributed by atoms with Gasteiger partial charge in [0.25, 0.3) is 0 Å². The van der Waals surface area contributed by atoms with Crippen LogP contribution in [-0.4, -0.2) is 69.7 Å². The van der Waals surface area contributed by atoms with E-state index in [1.165, 1.54) is 6.92 Å². The maximum atomic E-state index is 12.8. The molecule has 11 nitrogen and oxygen atoms in total. The van der Waals surface area contributed by atoms with E-state index in [1.54, 1.807) is 6.20 Å². The molecule has 0 saturated carbocycles. The quantitative estimate of drug-likeness (QED) is 0.218. The van der Waals surface area contributed by atoms with E-state index in [-0.39, 0.29) is 18.8 Å². The fourth-order valence-electron chi connectivity index (χ4n) is 3.55. The Kier molecular flexibility index (Phi) is 9.58. The molecule has 186 valence electrons. The van der Waals surface area contributed by atoms with Crippen LogP contribution in [0.4, 0.5) is 0 Å². The monoisotopic (exact) mass is 475 g/mol. The van der Waals surface area contributed by atoms with Crippen LogP contribution in [0.15, 0.2) is 30.5 Å². The number of benzene rings is 1. The second-order valence-corrected chi connectivity index (χ2v) is 8.70. The Morgan fingerprint density at radius 3 is 2.32 bits per heavy atom. The highest BCUT2D eigenvalue weighted by Crippen LogP contribution is 2.18. The summed E-state index contributed by atoms with van der Waals surface area (Å²) in [7, 11) is 0. The lowest BCUT2D eigenvalue weighted by Gasteiger charge is -2.26. The predicted octanol–water partition coefficient (Wildman–Crippen LogP) is -0.365. The van der Waals surface area contributed by atoms with Gasteiger partial charge in [-0.05, 0) is 37.3 Å². The highest BCUT2D eigenvalue weighted by molar-refractivity contribution is 5.94. The van der Waals surface area contributed by atoms with Crippen LogP contribution >= 0.6 is 0 Å². The molecule has 4 unspecified atom stereocenters. The third-order valence-corrected chi connectivity index (χ3v) is 5.27. The van der Waals surface area contributed by atoms with E-state index in [4.69, 9.17) is 10.8 Å². The van der Waals surface area contributed by atoms with Gasteiger partial charge in [0.1, 0.15) is 18.6 Å². The second kappa shape index (κ2) is 12.1. The average Bonchev–Trinajstić information content (AvgIpc) is 3.17. The van der Waals surface area contributed by atoms with Gasteiger partial charge in [-0.25, -0.2) is 0 Å². The normalized spacial score (nSPS) is 14.8. The topological polar surface area (TPSA) is 187 Å². The molecule has 3 amide bonds. The highest BCUT2D eigenvalue weighted by Gasteiger charge is 2.31. The van der Waals surface area contributed by atoms with E-state index in [9.17, 15) is 24.3 Å².